The summed E-state index contributed by atoms with van der Waals surface area (Å²) in [6.45, 7) is 0.923. The number of hydrogen-bond donors (Lipinski definition) is 2. The molecular formula is C23H27NO5. The smallest absolute Gasteiger partial charge is 0.267 e. The number of allylic oxidation sites excluding steroid dienone is 2. The molecule has 29 heavy (non-hydrogen) atoms. The Hall–Kier alpha value is -3.25. The number of hydroxylamine groups is 1. The molecule has 0 spiro atoms. The van der Waals surface area contributed by atoms with Crippen LogP contribution in [0.15, 0.2) is 54.0 Å². The average Bonchev–Trinajstić information content (AvgIpc) is 2.80. The molecule has 0 aliphatic rings. The number of ether oxygens (including phenoxy) is 3. The van der Waals surface area contributed by atoms with E-state index in [9.17, 15) is 4.79 Å². The van der Waals surface area contributed by atoms with Crippen LogP contribution in [-0.4, -0.2) is 25.3 Å². The minimum absolute atomic E-state index is 0.0403. The van der Waals surface area contributed by atoms with Crippen molar-refractivity contribution in [3.8, 4) is 17.2 Å². The van der Waals surface area contributed by atoms with E-state index >= 15 is 0 Å². The predicted molar refractivity (Wildman–Crippen MR) is 112 cm³/mol. The van der Waals surface area contributed by atoms with Gasteiger partial charge in [0.1, 0.15) is 23.8 Å². The summed E-state index contributed by atoms with van der Waals surface area (Å²) in [6, 6.07) is 0.713. The fourth-order valence-electron chi connectivity index (χ4n) is 2.33. The molecule has 6 nitrogen and oxygen atoms in total. The standard InChI is InChI=1S/C23H27NO5/c1-16(2)5-12-20-21(28-4)13-8-18(9-14-22(25)24-26)23(20)29-15-17-6-10-19(27-3)11-7-17/h5-11,13-14,26H,12,15H2,1-4H3,(H,24,25)/b14-9+/i6D,7D,10D,11D,15D2. The van der Waals surface area contributed by atoms with Gasteiger partial charge in [-0.15, -0.1) is 0 Å². The molecule has 0 saturated heterocycles. The van der Waals surface area contributed by atoms with Crippen molar-refractivity contribution in [2.24, 2.45) is 0 Å². The van der Waals surface area contributed by atoms with E-state index in [0.29, 0.717) is 11.3 Å². The van der Waals surface area contributed by atoms with Crippen LogP contribution >= 0.6 is 0 Å². The summed E-state index contributed by atoms with van der Waals surface area (Å²) in [6.07, 6.45) is 4.43. The number of carbonyl (C=O) groups is 1. The molecule has 0 saturated carbocycles. The predicted octanol–water partition coefficient (Wildman–Crippen LogP) is 4.31. The van der Waals surface area contributed by atoms with Gasteiger partial charge in [0, 0.05) is 17.2 Å². The van der Waals surface area contributed by atoms with Crippen LogP contribution in [0.1, 0.15) is 38.8 Å². The van der Waals surface area contributed by atoms with Gasteiger partial charge in [-0.1, -0.05) is 23.7 Å². The van der Waals surface area contributed by atoms with E-state index in [1.807, 2.05) is 19.9 Å². The van der Waals surface area contributed by atoms with Crippen molar-refractivity contribution < 1.29 is 32.4 Å². The molecule has 2 aromatic rings. The number of nitrogens with one attached hydrogen (secondary N) is 1. The summed E-state index contributed by atoms with van der Waals surface area (Å²) >= 11 is 0. The molecule has 0 aliphatic carbocycles. The third-order valence-electron chi connectivity index (χ3n) is 3.77. The highest BCUT2D eigenvalue weighted by Crippen LogP contribution is 2.35. The normalized spacial score (nSPS) is 14.0. The molecule has 2 aromatic carbocycles. The minimum Gasteiger partial charge on any atom is -0.497 e. The maximum atomic E-state index is 11.6. The SMILES string of the molecule is [2H]c1c([2H])c(C([2H])([2H])Oc2c(/C=C/C(=O)NO)ccc(OC)c2CC=C(C)C)c([2H])c([2H])c1OC. The van der Waals surface area contributed by atoms with Crippen molar-refractivity contribution in [3.63, 3.8) is 0 Å². The summed E-state index contributed by atoms with van der Waals surface area (Å²) < 4.78 is 66.0. The monoisotopic (exact) mass is 403 g/mol. The Morgan fingerprint density at radius 1 is 1.21 bits per heavy atom. The molecule has 0 heterocycles. The number of methoxy groups -OCH3 is 2. The summed E-state index contributed by atoms with van der Waals surface area (Å²) in [5, 5.41) is 8.80. The lowest BCUT2D eigenvalue weighted by molar-refractivity contribution is -0.124. The zero-order chi connectivity index (χ0) is 26.5. The summed E-state index contributed by atoms with van der Waals surface area (Å²) in [7, 11) is 2.63. The zero-order valence-corrected chi connectivity index (χ0v) is 16.7. The fourth-order valence-corrected chi connectivity index (χ4v) is 2.33. The first-order valence-electron chi connectivity index (χ1n) is 11.7. The minimum atomic E-state index is -2.83. The van der Waals surface area contributed by atoms with Gasteiger partial charge in [0.15, 0.2) is 0 Å². The molecule has 2 N–H and O–H groups in total. The number of hydrogen-bond acceptors (Lipinski definition) is 5. The van der Waals surface area contributed by atoms with E-state index in [2.05, 4.69) is 0 Å². The Balaban J connectivity index is 2.79. The second-order valence-corrected chi connectivity index (χ2v) is 6.07. The first-order chi connectivity index (χ1) is 16.4. The van der Waals surface area contributed by atoms with Crippen molar-refractivity contribution in [3.05, 3.63) is 70.7 Å². The Bertz CT molecular complexity index is 1150. The van der Waals surface area contributed by atoms with Crippen molar-refractivity contribution in [2.75, 3.05) is 14.2 Å². The Morgan fingerprint density at radius 3 is 2.52 bits per heavy atom. The van der Waals surface area contributed by atoms with Gasteiger partial charge in [0.2, 0.25) is 0 Å². The Labute approximate surface area is 179 Å². The summed E-state index contributed by atoms with van der Waals surface area (Å²) in [4.78, 5) is 11.6. The molecule has 0 unspecified atom stereocenters. The third kappa shape index (κ3) is 6.40. The third-order valence-corrected chi connectivity index (χ3v) is 3.77. The van der Waals surface area contributed by atoms with Crippen molar-refractivity contribution in [1.82, 2.24) is 5.48 Å². The Kier molecular flexibility index (Phi) is 5.54. The lowest BCUT2D eigenvalue weighted by atomic mass is 10.0. The van der Waals surface area contributed by atoms with E-state index in [1.165, 1.54) is 31.8 Å². The molecule has 154 valence electrons. The van der Waals surface area contributed by atoms with E-state index in [1.54, 1.807) is 6.07 Å². The van der Waals surface area contributed by atoms with Gasteiger partial charge in [0.05, 0.1) is 22.4 Å². The van der Waals surface area contributed by atoms with Gasteiger partial charge in [-0.05, 0) is 56.1 Å². The second kappa shape index (κ2) is 10.9. The molecule has 0 aromatic heterocycles. The lowest BCUT2D eigenvalue weighted by Crippen LogP contribution is -2.14. The largest absolute Gasteiger partial charge is 0.497 e. The van der Waals surface area contributed by atoms with Crippen LogP contribution in [0.25, 0.3) is 6.08 Å². The average molecular weight is 404 g/mol. The van der Waals surface area contributed by atoms with Gasteiger partial charge in [0.25, 0.3) is 5.91 Å². The molecule has 0 fully saturated rings. The van der Waals surface area contributed by atoms with Crippen LogP contribution in [0, 0.1) is 0 Å². The van der Waals surface area contributed by atoms with Crippen molar-refractivity contribution in [2.45, 2.75) is 26.8 Å². The lowest BCUT2D eigenvalue weighted by Gasteiger charge is -2.17. The molecule has 0 radical (unpaired) electrons. The summed E-state index contributed by atoms with van der Waals surface area (Å²) in [5.74, 6) is -0.813. The highest BCUT2D eigenvalue weighted by Gasteiger charge is 2.14. The molecule has 0 aliphatic heterocycles. The van der Waals surface area contributed by atoms with Crippen LogP contribution < -0.4 is 19.7 Å². The van der Waals surface area contributed by atoms with Gasteiger partial charge in [-0.25, -0.2) is 5.48 Å². The van der Waals surface area contributed by atoms with Crippen LogP contribution in [0.5, 0.6) is 17.2 Å². The van der Waals surface area contributed by atoms with Gasteiger partial charge < -0.3 is 14.2 Å². The van der Waals surface area contributed by atoms with E-state index < -0.39 is 42.2 Å². The van der Waals surface area contributed by atoms with Gasteiger partial charge in [-0.3, -0.25) is 10.0 Å². The molecular weight excluding hydrogens is 370 g/mol. The second-order valence-electron chi connectivity index (χ2n) is 6.07. The topological polar surface area (TPSA) is 77.0 Å². The van der Waals surface area contributed by atoms with Crippen LogP contribution in [0.4, 0.5) is 0 Å². The molecule has 2 rings (SSSR count). The quantitative estimate of drug-likeness (QED) is 0.282. The van der Waals surface area contributed by atoms with Crippen LogP contribution in [-0.2, 0) is 17.8 Å². The van der Waals surface area contributed by atoms with Crippen molar-refractivity contribution in [1.29, 1.82) is 0 Å². The molecule has 0 bridgehead atoms. The number of carbonyl (C=O) groups excluding carboxylic acids is 1. The highest BCUT2D eigenvalue weighted by atomic mass is 16.5. The zero-order valence-electron chi connectivity index (χ0n) is 22.7. The highest BCUT2D eigenvalue weighted by molar-refractivity contribution is 5.91. The van der Waals surface area contributed by atoms with Gasteiger partial charge >= 0.3 is 0 Å². The maximum absolute atomic E-state index is 11.6. The van der Waals surface area contributed by atoms with Crippen LogP contribution in [0.3, 0.4) is 0 Å². The number of benzene rings is 2. The van der Waals surface area contributed by atoms with E-state index in [4.69, 9.17) is 27.6 Å². The van der Waals surface area contributed by atoms with Gasteiger partial charge in [-0.2, -0.15) is 0 Å². The van der Waals surface area contributed by atoms with Crippen LogP contribution in [0.2, 0.25) is 0 Å². The van der Waals surface area contributed by atoms with Crippen molar-refractivity contribution >= 4 is 12.0 Å². The van der Waals surface area contributed by atoms with E-state index in [0.717, 1.165) is 11.6 Å². The molecule has 6 heteroatoms. The van der Waals surface area contributed by atoms with E-state index in [-0.39, 0.29) is 23.5 Å². The Morgan fingerprint density at radius 2 is 1.93 bits per heavy atom. The first kappa shape index (κ1) is 14.7. The number of amides is 1. The molecule has 1 amide bonds. The number of rotatable bonds is 9. The fraction of sp³-hybridized carbons (Fsp3) is 0.261. The molecule has 0 atom stereocenters. The first-order valence-corrected chi connectivity index (χ1v) is 8.68. The summed E-state index contributed by atoms with van der Waals surface area (Å²) in [5.41, 5.74) is 2.49. The maximum Gasteiger partial charge on any atom is 0.267 e.